The Labute approximate surface area is 129 Å². The number of halogens is 1. The van der Waals surface area contributed by atoms with Gasteiger partial charge in [-0.05, 0) is 43.9 Å². The van der Waals surface area contributed by atoms with Gasteiger partial charge in [-0.3, -0.25) is 15.0 Å². The van der Waals surface area contributed by atoms with Crippen LogP contribution in [0, 0.1) is 22.0 Å². The van der Waals surface area contributed by atoms with Crippen molar-refractivity contribution in [3.05, 3.63) is 38.9 Å². The van der Waals surface area contributed by atoms with E-state index in [1.165, 1.54) is 0 Å². The largest absolute Gasteiger partial charge is 0.316 e. The average molecular weight is 310 g/mol. The van der Waals surface area contributed by atoms with Crippen LogP contribution in [0.4, 0.5) is 5.69 Å². The Morgan fingerprint density at radius 1 is 1.48 bits per heavy atom. The highest BCUT2D eigenvalue weighted by molar-refractivity contribution is 6.32. The molecule has 5 nitrogen and oxygen atoms in total. The first-order chi connectivity index (χ1) is 9.89. The molecule has 1 N–H and O–H groups in total. The second kappa shape index (κ2) is 5.23. The third kappa shape index (κ3) is 2.54. The lowest BCUT2D eigenvalue weighted by molar-refractivity contribution is -0.384. The van der Waals surface area contributed by atoms with Crippen LogP contribution in [0.5, 0.6) is 0 Å². The minimum absolute atomic E-state index is 0.00645. The monoisotopic (exact) mass is 309 g/mol. The van der Waals surface area contributed by atoms with Crippen molar-refractivity contribution in [3.8, 4) is 0 Å². The van der Waals surface area contributed by atoms with Gasteiger partial charge in [0.2, 0.25) is 0 Å². The highest BCUT2D eigenvalue weighted by atomic mass is 35.5. The molecule has 2 aliphatic heterocycles. The second-order valence-corrected chi connectivity index (χ2v) is 7.01. The summed E-state index contributed by atoms with van der Waals surface area (Å²) < 4.78 is 0. The topological polar surface area (TPSA) is 58.4 Å². The molecule has 0 amide bonds. The lowest BCUT2D eigenvalue weighted by atomic mass is 9.85. The van der Waals surface area contributed by atoms with Crippen molar-refractivity contribution in [1.82, 2.24) is 10.2 Å². The summed E-state index contributed by atoms with van der Waals surface area (Å²) in [6.45, 7) is 8.46. The van der Waals surface area contributed by atoms with Gasteiger partial charge in [-0.2, -0.15) is 0 Å². The van der Waals surface area contributed by atoms with E-state index in [-0.39, 0.29) is 16.2 Å². The maximum Gasteiger partial charge on any atom is 0.288 e. The first kappa shape index (κ1) is 14.8. The molecule has 0 bridgehead atoms. The van der Waals surface area contributed by atoms with Gasteiger partial charge in [0, 0.05) is 31.2 Å². The smallest absolute Gasteiger partial charge is 0.288 e. The van der Waals surface area contributed by atoms with Crippen LogP contribution >= 0.6 is 11.6 Å². The summed E-state index contributed by atoms with van der Waals surface area (Å²) in [5, 5.41) is 14.7. The summed E-state index contributed by atoms with van der Waals surface area (Å²) >= 11 is 5.88. The van der Waals surface area contributed by atoms with Gasteiger partial charge in [-0.15, -0.1) is 0 Å². The van der Waals surface area contributed by atoms with Crippen molar-refractivity contribution in [2.45, 2.75) is 25.9 Å². The molecule has 1 aromatic carbocycles. The van der Waals surface area contributed by atoms with Gasteiger partial charge >= 0.3 is 0 Å². The molecule has 2 heterocycles. The van der Waals surface area contributed by atoms with E-state index in [4.69, 9.17) is 11.6 Å². The molecule has 21 heavy (non-hydrogen) atoms. The minimum Gasteiger partial charge on any atom is -0.316 e. The number of nitrogens with zero attached hydrogens (tertiary/aromatic N) is 2. The normalized spacial score (nSPS) is 27.8. The molecule has 0 aromatic heterocycles. The quantitative estimate of drug-likeness (QED) is 0.689. The van der Waals surface area contributed by atoms with E-state index in [0.29, 0.717) is 11.8 Å². The standard InChI is InChI=1S/C15H20ClN3O2/c1-15(2)12-7-17-6-11(12)9-18(15)8-10-3-4-13(16)14(5-10)19(20)21/h3-5,11-12,17H,6-9H2,1-2H3. The molecule has 2 aliphatic rings. The molecular weight excluding hydrogens is 290 g/mol. The molecule has 3 rings (SSSR count). The maximum atomic E-state index is 11.0. The maximum absolute atomic E-state index is 11.0. The van der Waals surface area contributed by atoms with Crippen molar-refractivity contribution in [2.24, 2.45) is 11.8 Å². The first-order valence-electron chi connectivity index (χ1n) is 7.28. The summed E-state index contributed by atoms with van der Waals surface area (Å²) in [6.07, 6.45) is 0. The number of nitro benzene ring substituents is 1. The van der Waals surface area contributed by atoms with Gasteiger partial charge in [0.15, 0.2) is 0 Å². The summed E-state index contributed by atoms with van der Waals surface area (Å²) in [6, 6.07) is 5.11. The lowest BCUT2D eigenvalue weighted by Gasteiger charge is -2.35. The number of nitro groups is 1. The van der Waals surface area contributed by atoms with Gasteiger partial charge in [0.05, 0.1) is 4.92 Å². The van der Waals surface area contributed by atoms with Crippen LogP contribution < -0.4 is 5.32 Å². The number of benzene rings is 1. The SMILES string of the molecule is CC1(C)C2CNCC2CN1Cc1ccc(Cl)c([N+](=O)[O-])c1. The van der Waals surface area contributed by atoms with Crippen molar-refractivity contribution in [1.29, 1.82) is 0 Å². The van der Waals surface area contributed by atoms with Crippen LogP contribution in [-0.4, -0.2) is 35.0 Å². The van der Waals surface area contributed by atoms with Crippen LogP contribution in [-0.2, 0) is 6.54 Å². The summed E-state index contributed by atoms with van der Waals surface area (Å²) in [5.74, 6) is 1.34. The fourth-order valence-corrected chi connectivity index (χ4v) is 3.98. The fraction of sp³-hybridized carbons (Fsp3) is 0.600. The molecule has 0 radical (unpaired) electrons. The molecular formula is C15H20ClN3O2. The van der Waals surface area contributed by atoms with Gasteiger partial charge in [0.1, 0.15) is 5.02 Å². The number of likely N-dealkylation sites (tertiary alicyclic amines) is 1. The molecule has 2 atom stereocenters. The van der Waals surface area contributed by atoms with Crippen molar-refractivity contribution < 1.29 is 4.92 Å². The zero-order valence-electron chi connectivity index (χ0n) is 12.3. The van der Waals surface area contributed by atoms with E-state index in [9.17, 15) is 10.1 Å². The average Bonchev–Trinajstić information content (AvgIpc) is 2.96. The van der Waals surface area contributed by atoms with Gasteiger partial charge in [-0.1, -0.05) is 17.7 Å². The van der Waals surface area contributed by atoms with Gasteiger partial charge in [0.25, 0.3) is 5.69 Å². The Kier molecular flexibility index (Phi) is 3.67. The molecule has 6 heteroatoms. The first-order valence-corrected chi connectivity index (χ1v) is 7.66. The second-order valence-electron chi connectivity index (χ2n) is 6.60. The fourth-order valence-electron chi connectivity index (χ4n) is 3.79. The Hall–Kier alpha value is -1.17. The predicted molar refractivity (Wildman–Crippen MR) is 82.4 cm³/mol. The molecule has 114 valence electrons. The molecule has 2 saturated heterocycles. The third-order valence-corrected chi connectivity index (χ3v) is 5.42. The number of rotatable bonds is 3. The van der Waals surface area contributed by atoms with Crippen molar-refractivity contribution in [2.75, 3.05) is 19.6 Å². The Morgan fingerprint density at radius 3 is 2.90 bits per heavy atom. The van der Waals surface area contributed by atoms with E-state index in [1.54, 1.807) is 12.1 Å². The molecule has 1 aromatic rings. The van der Waals surface area contributed by atoms with Gasteiger partial charge in [-0.25, -0.2) is 0 Å². The molecule has 2 unspecified atom stereocenters. The third-order valence-electron chi connectivity index (χ3n) is 5.10. The number of hydrogen-bond acceptors (Lipinski definition) is 4. The summed E-state index contributed by atoms with van der Waals surface area (Å²) in [5.41, 5.74) is 1.06. The molecule has 0 saturated carbocycles. The predicted octanol–water partition coefficient (Wildman–Crippen LogP) is 2.68. The zero-order valence-corrected chi connectivity index (χ0v) is 13.1. The van der Waals surface area contributed by atoms with E-state index in [2.05, 4.69) is 24.1 Å². The highest BCUT2D eigenvalue weighted by Gasteiger charge is 2.49. The van der Waals surface area contributed by atoms with E-state index >= 15 is 0 Å². The summed E-state index contributed by atoms with van der Waals surface area (Å²) in [7, 11) is 0. The zero-order chi connectivity index (χ0) is 15.2. The number of fused-ring (bicyclic) bond motifs is 1. The number of hydrogen-bond donors (Lipinski definition) is 1. The van der Waals surface area contributed by atoms with Crippen LogP contribution in [0.1, 0.15) is 19.4 Å². The molecule has 0 aliphatic carbocycles. The Morgan fingerprint density at radius 2 is 2.24 bits per heavy atom. The van der Waals surface area contributed by atoms with Crippen LogP contribution in [0.25, 0.3) is 0 Å². The van der Waals surface area contributed by atoms with E-state index in [1.807, 2.05) is 6.07 Å². The van der Waals surface area contributed by atoms with E-state index < -0.39 is 4.92 Å². The van der Waals surface area contributed by atoms with Gasteiger partial charge < -0.3 is 5.32 Å². The minimum atomic E-state index is -0.417. The Bertz CT molecular complexity index is 576. The molecule has 0 spiro atoms. The highest BCUT2D eigenvalue weighted by Crippen LogP contribution is 2.41. The van der Waals surface area contributed by atoms with Crippen LogP contribution in [0.15, 0.2) is 18.2 Å². The van der Waals surface area contributed by atoms with Crippen molar-refractivity contribution >= 4 is 17.3 Å². The van der Waals surface area contributed by atoms with E-state index in [0.717, 1.165) is 31.7 Å². The Balaban J connectivity index is 1.81. The van der Waals surface area contributed by atoms with Crippen LogP contribution in [0.3, 0.4) is 0 Å². The number of nitrogens with one attached hydrogen (secondary N) is 1. The summed E-state index contributed by atoms with van der Waals surface area (Å²) in [4.78, 5) is 13.0. The molecule has 2 fully saturated rings. The lowest BCUT2D eigenvalue weighted by Crippen LogP contribution is -2.43. The van der Waals surface area contributed by atoms with Crippen molar-refractivity contribution in [3.63, 3.8) is 0 Å². The van der Waals surface area contributed by atoms with Crippen LogP contribution in [0.2, 0.25) is 5.02 Å².